The second-order valence-electron chi connectivity index (χ2n) is 25.7. The third-order valence-corrected chi connectivity index (χ3v) is 21.1. The summed E-state index contributed by atoms with van der Waals surface area (Å²) in [5.41, 5.74) is -5.97. The number of rotatable bonds is 18. The number of carbonyl (C=O) groups is 2. The fraction of sp³-hybridized carbons (Fsp3) is 0.723. The monoisotopic (exact) mass is 1210 g/mol. The Morgan fingerprint density at radius 1 is 0.640 bits per heavy atom. The highest BCUT2D eigenvalue weighted by atomic mass is 16.8. The molecular formula is C65H92O21. The minimum Gasteiger partial charge on any atom is -0.458 e. The Kier molecular flexibility index (Phi) is 19.8. The van der Waals surface area contributed by atoms with Crippen molar-refractivity contribution in [3.63, 3.8) is 0 Å². The molecule has 0 amide bonds. The molecule has 21 heteroatoms. The molecule has 4 saturated heterocycles. The number of fused-ring (bicyclic) bond motifs is 5. The summed E-state index contributed by atoms with van der Waals surface area (Å²) < 4.78 is 87.5. The number of benzene rings is 2. The first-order valence-corrected chi connectivity index (χ1v) is 30.7. The van der Waals surface area contributed by atoms with Crippen LogP contribution in [0.2, 0.25) is 0 Å². The van der Waals surface area contributed by atoms with Crippen molar-refractivity contribution in [2.45, 2.75) is 252 Å². The molecule has 7 fully saturated rings. The first-order valence-electron chi connectivity index (χ1n) is 30.7. The van der Waals surface area contributed by atoms with Gasteiger partial charge in [0.2, 0.25) is 0 Å². The summed E-state index contributed by atoms with van der Waals surface area (Å²) in [6, 6.07) is 17.8. The molecule has 26 atom stereocenters. The summed E-state index contributed by atoms with van der Waals surface area (Å²) in [5, 5.41) is 61.3. The lowest BCUT2D eigenvalue weighted by molar-refractivity contribution is -0.356. The van der Waals surface area contributed by atoms with Gasteiger partial charge in [-0.05, 0) is 109 Å². The average molecular weight is 1210 g/mol. The number of methoxy groups -OCH3 is 4. The van der Waals surface area contributed by atoms with Crippen molar-refractivity contribution in [1.29, 1.82) is 0 Å². The fourth-order valence-electron chi connectivity index (χ4n) is 16.1. The second-order valence-corrected chi connectivity index (χ2v) is 25.7. The standard InChI is InChI=1S/C65H92O21/c1-35-53(67)58(76-11)54(68)60(80-35)86-57-38(4)79-52(33-46(57)75-10)85-56-37(3)78-51(32-45(56)74-9)84-55-36(2)77-50(31-44(55)73-8)82-43-25-26-61(6)42(30-43)24-27-64(71)47(61)34-48(83-59(69)41-20-16-13-17-21-41)62(7)63(70,28-29-65(62,64)72)39(5)81-49(66)23-22-40-18-14-12-15-19-40/h12-24,35-39,43-48,50-58,60,67-68,70-72H,25-34H2,1-11H3/b23-22+/t35-,36-,37-,38-,39?,43+,44+,45+,46-,47-,48?,50+,51+,52+,53-,54-,55-,56-,57-,58-,60+,61+,62-,63+,64+,65-/m1/s1. The molecule has 2 aromatic carbocycles. The van der Waals surface area contributed by atoms with Crippen LogP contribution in [0.15, 0.2) is 78.4 Å². The van der Waals surface area contributed by atoms with Crippen LogP contribution in [0.3, 0.4) is 0 Å². The summed E-state index contributed by atoms with van der Waals surface area (Å²) in [5.74, 6) is -1.95. The van der Waals surface area contributed by atoms with Gasteiger partial charge in [0.15, 0.2) is 25.2 Å². The lowest BCUT2D eigenvalue weighted by Gasteiger charge is -2.67. The van der Waals surface area contributed by atoms with Crippen molar-refractivity contribution in [2.24, 2.45) is 16.7 Å². The van der Waals surface area contributed by atoms with Gasteiger partial charge in [-0.2, -0.15) is 0 Å². The maximum absolute atomic E-state index is 14.1. The van der Waals surface area contributed by atoms with Crippen LogP contribution >= 0.6 is 0 Å². The van der Waals surface area contributed by atoms with Crippen LogP contribution in [0.25, 0.3) is 6.08 Å². The minimum atomic E-state index is -2.00. The Balaban J connectivity index is 0.772. The number of hydrogen-bond acceptors (Lipinski definition) is 21. The molecule has 3 saturated carbocycles. The van der Waals surface area contributed by atoms with Crippen molar-refractivity contribution in [3.05, 3.63) is 89.5 Å². The topological polar surface area (TPSA) is 265 Å². The molecule has 8 aliphatic rings. The minimum absolute atomic E-state index is 0.0424. The van der Waals surface area contributed by atoms with Crippen LogP contribution < -0.4 is 0 Å². The first kappa shape index (κ1) is 65.1. The lowest BCUT2D eigenvalue weighted by atomic mass is 9.42. The zero-order valence-corrected chi connectivity index (χ0v) is 51.5. The van der Waals surface area contributed by atoms with Gasteiger partial charge in [0.05, 0.1) is 59.8 Å². The highest BCUT2D eigenvalue weighted by molar-refractivity contribution is 5.89. The number of hydrogen-bond donors (Lipinski definition) is 5. The molecule has 2 aromatic rings. The predicted molar refractivity (Wildman–Crippen MR) is 308 cm³/mol. The highest BCUT2D eigenvalue weighted by Crippen LogP contribution is 2.71. The summed E-state index contributed by atoms with van der Waals surface area (Å²) in [4.78, 5) is 27.5. The zero-order valence-electron chi connectivity index (χ0n) is 51.5. The molecule has 21 nitrogen and oxygen atoms in total. The number of carbonyl (C=O) groups excluding carboxylic acids is 2. The second kappa shape index (κ2) is 26.2. The van der Waals surface area contributed by atoms with E-state index in [2.05, 4.69) is 6.92 Å². The molecule has 478 valence electrons. The maximum Gasteiger partial charge on any atom is 0.338 e. The van der Waals surface area contributed by atoms with Crippen molar-refractivity contribution >= 4 is 18.0 Å². The smallest absolute Gasteiger partial charge is 0.338 e. The van der Waals surface area contributed by atoms with Crippen LogP contribution in [0.1, 0.15) is 129 Å². The van der Waals surface area contributed by atoms with Crippen LogP contribution in [0.4, 0.5) is 0 Å². The van der Waals surface area contributed by atoms with Crippen molar-refractivity contribution < 1.29 is 101 Å². The van der Waals surface area contributed by atoms with Crippen LogP contribution in [-0.4, -0.2) is 206 Å². The maximum atomic E-state index is 14.1. The van der Waals surface area contributed by atoms with Gasteiger partial charge in [-0.15, -0.1) is 0 Å². The van der Waals surface area contributed by atoms with Crippen LogP contribution in [-0.2, 0) is 71.1 Å². The van der Waals surface area contributed by atoms with Gasteiger partial charge in [0.25, 0.3) is 0 Å². The SMILES string of the molecule is CO[C@H]1[C@@H](O)[C@H](O[C@@H]2[C@@H](C)O[C@@H](O[C@H]3[C@@H](OC)C[C@H](O[C@H]4[C@@H](OC)C[C@H](O[C@H]5CC[C@@]6(C)C(=CC[C@]7(O)[C@@H]6CC(OC(=O)c6ccccc6)[C@@]6(C)[C@]7(O)CC[C@]6(O)C(C)OC(=O)/C=C/c6ccccc6)C5)O[C@@H]4C)O[C@@H]3C)C[C@H]2OC)O[C@H](C)[C@H]1O. The van der Waals surface area contributed by atoms with E-state index < -0.39 is 162 Å². The number of aliphatic hydroxyl groups excluding tert-OH is 2. The summed E-state index contributed by atoms with van der Waals surface area (Å²) in [6.07, 6.45) is -6.53. The molecule has 0 radical (unpaired) electrons. The Hall–Kier alpha value is -3.82. The van der Waals surface area contributed by atoms with Crippen LogP contribution in [0, 0.1) is 16.7 Å². The van der Waals surface area contributed by atoms with Gasteiger partial charge in [0.1, 0.15) is 65.6 Å². The summed E-state index contributed by atoms with van der Waals surface area (Å²) in [7, 11) is 6.24. The third kappa shape index (κ3) is 11.9. The fourth-order valence-corrected chi connectivity index (χ4v) is 16.1. The number of esters is 2. The first-order chi connectivity index (χ1) is 40.9. The molecule has 4 aliphatic heterocycles. The third-order valence-electron chi connectivity index (χ3n) is 21.1. The molecule has 4 heterocycles. The molecule has 86 heavy (non-hydrogen) atoms. The molecule has 0 aromatic heterocycles. The van der Waals surface area contributed by atoms with E-state index in [0.29, 0.717) is 44.1 Å². The Bertz CT molecular complexity index is 2680. The Morgan fingerprint density at radius 3 is 1.74 bits per heavy atom. The van der Waals surface area contributed by atoms with E-state index in [1.165, 1.54) is 13.2 Å². The van der Waals surface area contributed by atoms with Gasteiger partial charge in [-0.1, -0.05) is 74.0 Å². The summed E-state index contributed by atoms with van der Waals surface area (Å²) in [6.45, 7) is 12.7. The molecule has 2 unspecified atom stereocenters. The molecule has 4 aliphatic carbocycles. The molecule has 0 bridgehead atoms. The van der Waals surface area contributed by atoms with E-state index in [9.17, 15) is 35.1 Å². The number of aliphatic hydroxyl groups is 5. The van der Waals surface area contributed by atoms with E-state index in [1.807, 2.05) is 57.2 Å². The van der Waals surface area contributed by atoms with Gasteiger partial charge < -0.3 is 91.8 Å². The molecular weight excluding hydrogens is 1120 g/mol. The molecule has 10 rings (SSSR count). The van der Waals surface area contributed by atoms with E-state index in [1.54, 1.807) is 78.5 Å². The zero-order chi connectivity index (χ0) is 61.7. The lowest BCUT2D eigenvalue weighted by Crippen LogP contribution is -2.78. The molecule has 5 N–H and O–H groups in total. The average Bonchev–Trinajstić information content (AvgIpc) is 1.28. The van der Waals surface area contributed by atoms with Gasteiger partial charge >= 0.3 is 11.9 Å². The van der Waals surface area contributed by atoms with E-state index in [0.717, 1.165) is 11.1 Å². The van der Waals surface area contributed by atoms with Crippen molar-refractivity contribution in [1.82, 2.24) is 0 Å². The summed E-state index contributed by atoms with van der Waals surface area (Å²) >= 11 is 0. The van der Waals surface area contributed by atoms with E-state index in [-0.39, 0.29) is 31.8 Å². The normalized spacial score (nSPS) is 45.5. The van der Waals surface area contributed by atoms with E-state index >= 15 is 0 Å². The Labute approximate surface area is 504 Å². The largest absolute Gasteiger partial charge is 0.458 e. The van der Waals surface area contributed by atoms with Crippen LogP contribution in [0.5, 0.6) is 0 Å². The van der Waals surface area contributed by atoms with Gasteiger partial charge in [-0.25, -0.2) is 9.59 Å². The van der Waals surface area contributed by atoms with Crippen molar-refractivity contribution in [2.75, 3.05) is 28.4 Å². The highest BCUT2D eigenvalue weighted by Gasteiger charge is 2.81. The quantitative estimate of drug-likeness (QED) is 0.0664. The number of ether oxygens (including phenoxy) is 14. The predicted octanol–water partition coefficient (Wildman–Crippen LogP) is 5.86. The van der Waals surface area contributed by atoms with Crippen molar-refractivity contribution in [3.8, 4) is 0 Å². The Morgan fingerprint density at radius 2 is 1.19 bits per heavy atom. The van der Waals surface area contributed by atoms with E-state index in [4.69, 9.17) is 66.3 Å². The molecule has 0 spiro atoms. The van der Waals surface area contributed by atoms with Gasteiger partial charge in [-0.3, -0.25) is 0 Å². The van der Waals surface area contributed by atoms with Gasteiger partial charge in [0, 0.05) is 59.7 Å².